The van der Waals surface area contributed by atoms with E-state index in [-0.39, 0.29) is 23.3 Å². The van der Waals surface area contributed by atoms with Crippen molar-refractivity contribution in [1.82, 2.24) is 0 Å². The lowest BCUT2D eigenvalue weighted by atomic mass is 10.2. The van der Waals surface area contributed by atoms with E-state index < -0.39 is 15.9 Å². The smallest absolute Gasteiger partial charge is 0.237 e. The van der Waals surface area contributed by atoms with E-state index in [0.717, 1.165) is 4.90 Å². The third-order valence-electron chi connectivity index (χ3n) is 4.08. The van der Waals surface area contributed by atoms with Gasteiger partial charge in [-0.3, -0.25) is 9.59 Å². The normalized spacial score (nSPS) is 17.2. The molecule has 0 radical (unpaired) electrons. The Bertz CT molecular complexity index is 987. The van der Waals surface area contributed by atoms with Crippen molar-refractivity contribution >= 4 is 44.8 Å². The molecule has 1 N–H and O–H groups in total. The largest absolute Gasteiger partial charge is 0.326 e. The maximum absolute atomic E-state index is 12.9. The number of hydrogen-bond donors (Lipinski definition) is 1. The molecule has 0 bridgehead atoms. The Morgan fingerprint density at radius 2 is 1.79 bits per heavy atom. The number of carbonyl (C=O) groups excluding carboxylic acids is 2. The van der Waals surface area contributed by atoms with Crippen LogP contribution in [0.3, 0.4) is 0 Å². The van der Waals surface area contributed by atoms with Gasteiger partial charge < -0.3 is 10.2 Å². The highest BCUT2D eigenvalue weighted by Gasteiger charge is 2.31. The van der Waals surface area contributed by atoms with Crippen LogP contribution in [-0.2, 0) is 19.4 Å². The first-order chi connectivity index (χ1) is 13.3. The zero-order valence-corrected chi connectivity index (χ0v) is 16.9. The fourth-order valence-electron chi connectivity index (χ4n) is 2.88. The molecule has 6 nitrogen and oxygen atoms in total. The van der Waals surface area contributed by atoms with Crippen LogP contribution in [-0.4, -0.2) is 37.8 Å². The average molecular weight is 417 g/mol. The number of amides is 2. The van der Waals surface area contributed by atoms with Crippen LogP contribution in [0.5, 0.6) is 0 Å². The fourth-order valence-corrected chi connectivity index (χ4v) is 4.91. The summed E-state index contributed by atoms with van der Waals surface area (Å²) in [5, 5.41) is 3.87. The number of para-hydroxylation sites is 1. The van der Waals surface area contributed by atoms with Crippen molar-refractivity contribution in [3.63, 3.8) is 0 Å². The third kappa shape index (κ3) is 5.24. The molecule has 0 aromatic heterocycles. The number of nitrogens with one attached hydrogen (secondary N) is 1. The van der Waals surface area contributed by atoms with Gasteiger partial charge in [0.05, 0.1) is 17.5 Å². The van der Waals surface area contributed by atoms with Gasteiger partial charge in [0, 0.05) is 28.6 Å². The number of nitrogens with zero attached hydrogens (tertiary/aromatic N) is 1. The predicted molar refractivity (Wildman–Crippen MR) is 112 cm³/mol. The molecule has 0 aliphatic carbocycles. The zero-order valence-electron chi connectivity index (χ0n) is 15.2. The van der Waals surface area contributed by atoms with E-state index in [1.807, 2.05) is 30.3 Å². The lowest BCUT2D eigenvalue weighted by Gasteiger charge is -2.27. The van der Waals surface area contributed by atoms with Gasteiger partial charge in [0.15, 0.2) is 9.84 Å². The van der Waals surface area contributed by atoms with Crippen molar-refractivity contribution in [2.75, 3.05) is 21.7 Å². The maximum atomic E-state index is 12.9. The van der Waals surface area contributed by atoms with E-state index in [2.05, 4.69) is 5.32 Å². The Morgan fingerprint density at radius 3 is 2.36 bits per heavy atom. The van der Waals surface area contributed by atoms with Gasteiger partial charge in [-0.2, -0.15) is 0 Å². The Labute approximate surface area is 168 Å². The lowest BCUT2D eigenvalue weighted by molar-refractivity contribution is -0.116. The topological polar surface area (TPSA) is 83.6 Å². The molecule has 2 amide bonds. The summed E-state index contributed by atoms with van der Waals surface area (Å²) in [5.41, 5.74) is 1.36. The van der Waals surface area contributed by atoms with Crippen molar-refractivity contribution in [2.24, 2.45) is 0 Å². The van der Waals surface area contributed by atoms with Crippen molar-refractivity contribution in [1.29, 1.82) is 0 Å². The molecule has 8 heteroatoms. The van der Waals surface area contributed by atoms with E-state index in [0.29, 0.717) is 11.4 Å². The Balaban J connectivity index is 1.71. The second-order valence-electron chi connectivity index (χ2n) is 6.32. The van der Waals surface area contributed by atoms with Crippen molar-refractivity contribution < 1.29 is 18.0 Å². The molecule has 1 atom stereocenters. The van der Waals surface area contributed by atoms with Gasteiger partial charge in [0.1, 0.15) is 0 Å². The van der Waals surface area contributed by atoms with Gasteiger partial charge >= 0.3 is 0 Å². The number of sulfone groups is 1. The molecular weight excluding hydrogens is 396 g/mol. The summed E-state index contributed by atoms with van der Waals surface area (Å²) in [4.78, 5) is 26.4. The van der Waals surface area contributed by atoms with Gasteiger partial charge in [-0.15, -0.1) is 11.8 Å². The molecular formula is C20H20N2O4S2. The third-order valence-corrected chi connectivity index (χ3v) is 6.46. The molecule has 0 saturated heterocycles. The summed E-state index contributed by atoms with van der Waals surface area (Å²) in [6.45, 7) is 1.44. The van der Waals surface area contributed by atoms with Crippen LogP contribution in [0.1, 0.15) is 6.92 Å². The first-order valence-electron chi connectivity index (χ1n) is 8.62. The quantitative estimate of drug-likeness (QED) is 0.732. The Morgan fingerprint density at radius 1 is 1.11 bits per heavy atom. The minimum Gasteiger partial charge on any atom is -0.326 e. The fraction of sp³-hybridized carbons (Fsp3) is 0.200. The highest BCUT2D eigenvalue weighted by atomic mass is 32.2. The van der Waals surface area contributed by atoms with Gasteiger partial charge in [0.25, 0.3) is 0 Å². The predicted octanol–water partition coefficient (Wildman–Crippen LogP) is 3.08. The zero-order chi connectivity index (χ0) is 20.1. The molecule has 1 aliphatic heterocycles. The number of hydrogen-bond acceptors (Lipinski definition) is 5. The van der Waals surface area contributed by atoms with E-state index in [4.69, 9.17) is 0 Å². The van der Waals surface area contributed by atoms with Gasteiger partial charge in [-0.25, -0.2) is 8.42 Å². The number of rotatable bonds is 6. The van der Waals surface area contributed by atoms with E-state index >= 15 is 0 Å². The number of anilines is 2. The van der Waals surface area contributed by atoms with Crippen LogP contribution in [0.15, 0.2) is 71.0 Å². The molecule has 3 rings (SSSR count). The lowest BCUT2D eigenvalue weighted by Crippen LogP contribution is -2.42. The van der Waals surface area contributed by atoms with Gasteiger partial charge in [-0.1, -0.05) is 18.2 Å². The number of thioether (sulfide) groups is 1. The van der Waals surface area contributed by atoms with Gasteiger partial charge in [-0.05, 0) is 42.5 Å². The first kappa shape index (κ1) is 20.2. The molecule has 0 fully saturated rings. The molecule has 146 valence electrons. The highest BCUT2D eigenvalue weighted by Crippen LogP contribution is 2.26. The van der Waals surface area contributed by atoms with E-state index in [1.54, 1.807) is 35.2 Å². The molecule has 0 spiro atoms. The van der Waals surface area contributed by atoms with E-state index in [1.165, 1.54) is 24.1 Å². The Kier molecular flexibility index (Phi) is 6.21. The second kappa shape index (κ2) is 8.62. The number of carbonyl (C=O) groups is 2. The van der Waals surface area contributed by atoms with Crippen LogP contribution in [0, 0.1) is 0 Å². The standard InChI is InChI=1S/C20H20N2O4S2/c1-15(23)21-16-7-9-19(10-8-16)27-13-20(24)22(17-5-3-2-4-6-17)18-11-12-28(25,26)14-18/h2-12,18H,13-14H2,1H3,(H,21,23)/t18-/m0/s1. The monoisotopic (exact) mass is 416 g/mol. The molecule has 2 aromatic carbocycles. The minimum atomic E-state index is -3.28. The van der Waals surface area contributed by atoms with Crippen LogP contribution in [0.25, 0.3) is 0 Å². The molecule has 28 heavy (non-hydrogen) atoms. The van der Waals surface area contributed by atoms with Crippen molar-refractivity contribution in [3.8, 4) is 0 Å². The minimum absolute atomic E-state index is 0.107. The SMILES string of the molecule is CC(=O)Nc1ccc(SCC(=O)N(c2ccccc2)[C@H]2C=CS(=O)(=O)C2)cc1. The number of benzene rings is 2. The molecule has 2 aromatic rings. The van der Waals surface area contributed by atoms with Crippen LogP contribution >= 0.6 is 11.8 Å². The summed E-state index contributed by atoms with van der Waals surface area (Å²) < 4.78 is 23.7. The van der Waals surface area contributed by atoms with Crippen LogP contribution < -0.4 is 10.2 Å². The second-order valence-corrected chi connectivity index (χ2v) is 9.30. The van der Waals surface area contributed by atoms with Gasteiger partial charge in [0.2, 0.25) is 11.8 Å². The van der Waals surface area contributed by atoms with Crippen LogP contribution in [0.4, 0.5) is 11.4 Å². The maximum Gasteiger partial charge on any atom is 0.237 e. The summed E-state index contributed by atoms with van der Waals surface area (Å²) in [6, 6.07) is 15.8. The van der Waals surface area contributed by atoms with Crippen molar-refractivity contribution in [2.45, 2.75) is 17.9 Å². The first-order valence-corrected chi connectivity index (χ1v) is 11.3. The summed E-state index contributed by atoms with van der Waals surface area (Å²) in [6.07, 6.45) is 1.56. The summed E-state index contributed by atoms with van der Waals surface area (Å²) in [7, 11) is -3.28. The average Bonchev–Trinajstić information content (AvgIpc) is 3.01. The van der Waals surface area contributed by atoms with Crippen molar-refractivity contribution in [3.05, 3.63) is 66.1 Å². The Hall–Kier alpha value is -2.58. The van der Waals surface area contributed by atoms with E-state index in [9.17, 15) is 18.0 Å². The van der Waals surface area contributed by atoms with Crippen LogP contribution in [0.2, 0.25) is 0 Å². The molecule has 0 unspecified atom stereocenters. The summed E-state index contributed by atoms with van der Waals surface area (Å²) in [5.74, 6) is -0.259. The molecule has 1 aliphatic rings. The molecule has 0 saturated carbocycles. The summed E-state index contributed by atoms with van der Waals surface area (Å²) >= 11 is 1.36. The molecule has 1 heterocycles. The highest BCUT2D eigenvalue weighted by molar-refractivity contribution is 8.00.